The molecule has 0 saturated heterocycles. The van der Waals surface area contributed by atoms with Crippen LogP contribution in [0.15, 0.2) is 35.1 Å². The lowest BCUT2D eigenvalue weighted by Gasteiger charge is -2.11. The fraction of sp³-hybridized carbons (Fsp3) is 0.375. The number of benzene rings is 1. The van der Waals surface area contributed by atoms with E-state index in [0.717, 1.165) is 42.0 Å². The third kappa shape index (κ3) is 4.43. The smallest absolute Gasteiger partial charge is 0.146 e. The monoisotopic (exact) mass is 348 g/mol. The predicted octanol–water partition coefficient (Wildman–Crippen LogP) is 4.24. The summed E-state index contributed by atoms with van der Waals surface area (Å²) in [6.07, 6.45) is 3.70. The first-order valence-corrected chi connectivity index (χ1v) is 8.10. The van der Waals surface area contributed by atoms with Crippen molar-refractivity contribution in [3.63, 3.8) is 0 Å². The molecule has 0 amide bonds. The summed E-state index contributed by atoms with van der Waals surface area (Å²) in [6, 6.07) is 8.63. The van der Waals surface area contributed by atoms with Crippen molar-refractivity contribution in [3.05, 3.63) is 46.2 Å². The lowest BCUT2D eigenvalue weighted by Crippen LogP contribution is -2.07. The maximum Gasteiger partial charge on any atom is 0.146 e. The topological polar surface area (TPSA) is 49.8 Å². The Morgan fingerprint density at radius 3 is 2.19 bits per heavy atom. The van der Waals surface area contributed by atoms with Crippen LogP contribution in [0.4, 0.5) is 11.6 Å². The van der Waals surface area contributed by atoms with Gasteiger partial charge in [-0.2, -0.15) is 0 Å². The summed E-state index contributed by atoms with van der Waals surface area (Å²) in [5.74, 6) is 1.64. The molecule has 4 nitrogen and oxygen atoms in total. The van der Waals surface area contributed by atoms with Gasteiger partial charge in [-0.05, 0) is 39.9 Å². The number of rotatable bonds is 7. The summed E-state index contributed by atoms with van der Waals surface area (Å²) in [5, 5.41) is 6.62. The summed E-state index contributed by atoms with van der Waals surface area (Å²) in [4.78, 5) is 8.53. The summed E-state index contributed by atoms with van der Waals surface area (Å²) in [7, 11) is 0. The SMILES string of the molecule is CCCNc1ncnc(NCc2ccc(CC)cc2)c1Br. The molecule has 0 spiro atoms. The highest BCUT2D eigenvalue weighted by Gasteiger charge is 2.07. The van der Waals surface area contributed by atoms with Crippen molar-refractivity contribution in [2.75, 3.05) is 17.2 Å². The van der Waals surface area contributed by atoms with Crippen LogP contribution in [0.5, 0.6) is 0 Å². The molecular weight excluding hydrogens is 328 g/mol. The largest absolute Gasteiger partial charge is 0.369 e. The van der Waals surface area contributed by atoms with Crippen LogP contribution >= 0.6 is 15.9 Å². The van der Waals surface area contributed by atoms with E-state index in [4.69, 9.17) is 0 Å². The Morgan fingerprint density at radius 2 is 1.57 bits per heavy atom. The molecule has 2 rings (SSSR count). The summed E-state index contributed by atoms with van der Waals surface area (Å²) < 4.78 is 0.878. The van der Waals surface area contributed by atoms with Gasteiger partial charge in [0.25, 0.3) is 0 Å². The maximum atomic E-state index is 4.29. The molecule has 112 valence electrons. The van der Waals surface area contributed by atoms with E-state index in [9.17, 15) is 0 Å². The van der Waals surface area contributed by atoms with Crippen molar-refractivity contribution in [1.29, 1.82) is 0 Å². The van der Waals surface area contributed by atoms with Crippen LogP contribution in [0, 0.1) is 0 Å². The normalized spacial score (nSPS) is 10.4. The van der Waals surface area contributed by atoms with Gasteiger partial charge in [-0.3, -0.25) is 0 Å². The first-order chi connectivity index (χ1) is 10.2. The van der Waals surface area contributed by atoms with Crippen molar-refractivity contribution in [3.8, 4) is 0 Å². The van der Waals surface area contributed by atoms with Crippen LogP contribution in [-0.4, -0.2) is 16.5 Å². The number of halogens is 1. The average Bonchev–Trinajstić information content (AvgIpc) is 2.53. The van der Waals surface area contributed by atoms with Gasteiger partial charge in [0.1, 0.15) is 22.4 Å². The number of hydrogen-bond acceptors (Lipinski definition) is 4. The Balaban J connectivity index is 2.01. The molecule has 1 aromatic heterocycles. The second kappa shape index (κ2) is 7.98. The van der Waals surface area contributed by atoms with Crippen molar-refractivity contribution >= 4 is 27.6 Å². The van der Waals surface area contributed by atoms with Crippen LogP contribution < -0.4 is 10.6 Å². The summed E-state index contributed by atoms with van der Waals surface area (Å²) in [5.41, 5.74) is 2.59. The number of anilines is 2. The lowest BCUT2D eigenvalue weighted by molar-refractivity contribution is 0.960. The fourth-order valence-corrected chi connectivity index (χ4v) is 2.42. The van der Waals surface area contributed by atoms with Gasteiger partial charge in [-0.15, -0.1) is 0 Å². The fourth-order valence-electron chi connectivity index (χ4n) is 1.94. The van der Waals surface area contributed by atoms with E-state index in [0.29, 0.717) is 0 Å². The molecule has 0 fully saturated rings. The van der Waals surface area contributed by atoms with E-state index < -0.39 is 0 Å². The molecular formula is C16H21BrN4. The van der Waals surface area contributed by atoms with Crippen molar-refractivity contribution in [1.82, 2.24) is 9.97 Å². The molecule has 0 aliphatic carbocycles. The number of aryl methyl sites for hydroxylation is 1. The van der Waals surface area contributed by atoms with Crippen LogP contribution in [0.2, 0.25) is 0 Å². The van der Waals surface area contributed by atoms with Gasteiger partial charge in [0.05, 0.1) is 0 Å². The molecule has 0 atom stereocenters. The summed E-state index contributed by atoms with van der Waals surface area (Å²) >= 11 is 3.56. The molecule has 0 saturated carbocycles. The Bertz CT molecular complexity index is 569. The third-order valence-electron chi connectivity index (χ3n) is 3.22. The molecule has 2 N–H and O–H groups in total. The minimum Gasteiger partial charge on any atom is -0.369 e. The van der Waals surface area contributed by atoms with Gasteiger partial charge in [0.15, 0.2) is 0 Å². The standard InChI is InChI=1S/C16H21BrN4/c1-3-9-18-15-14(17)16(21-11-20-15)19-10-13-7-5-12(4-2)6-8-13/h5-8,11H,3-4,9-10H2,1-2H3,(H2,18,19,20,21). The zero-order chi connectivity index (χ0) is 15.1. The average molecular weight is 349 g/mol. The molecule has 0 aliphatic rings. The van der Waals surface area contributed by atoms with Gasteiger partial charge < -0.3 is 10.6 Å². The highest BCUT2D eigenvalue weighted by molar-refractivity contribution is 9.10. The zero-order valence-electron chi connectivity index (χ0n) is 12.5. The van der Waals surface area contributed by atoms with Crippen LogP contribution in [0.25, 0.3) is 0 Å². The Kier molecular flexibility index (Phi) is 5.99. The Morgan fingerprint density at radius 1 is 0.952 bits per heavy atom. The minimum atomic E-state index is 0.743. The Labute approximate surface area is 134 Å². The van der Waals surface area contributed by atoms with Crippen LogP contribution in [0.1, 0.15) is 31.4 Å². The lowest BCUT2D eigenvalue weighted by atomic mass is 10.1. The Hall–Kier alpha value is -1.62. The molecule has 2 aromatic rings. The van der Waals surface area contributed by atoms with Gasteiger partial charge in [0.2, 0.25) is 0 Å². The summed E-state index contributed by atoms with van der Waals surface area (Å²) in [6.45, 7) is 5.93. The van der Waals surface area contributed by atoms with Gasteiger partial charge in [0, 0.05) is 13.1 Å². The molecule has 0 aliphatic heterocycles. The van der Waals surface area contributed by atoms with E-state index in [2.05, 4.69) is 74.6 Å². The van der Waals surface area contributed by atoms with Gasteiger partial charge in [-0.25, -0.2) is 9.97 Å². The third-order valence-corrected chi connectivity index (χ3v) is 3.97. The highest BCUT2D eigenvalue weighted by atomic mass is 79.9. The van der Waals surface area contributed by atoms with Crippen molar-refractivity contribution in [2.45, 2.75) is 33.2 Å². The quantitative estimate of drug-likeness (QED) is 0.785. The van der Waals surface area contributed by atoms with E-state index >= 15 is 0 Å². The van der Waals surface area contributed by atoms with Crippen LogP contribution in [-0.2, 0) is 13.0 Å². The molecule has 1 aromatic carbocycles. The molecule has 1 heterocycles. The van der Waals surface area contributed by atoms with Gasteiger partial charge >= 0.3 is 0 Å². The van der Waals surface area contributed by atoms with Crippen LogP contribution in [0.3, 0.4) is 0 Å². The molecule has 0 bridgehead atoms. The van der Waals surface area contributed by atoms with E-state index in [1.54, 1.807) is 6.33 Å². The predicted molar refractivity (Wildman–Crippen MR) is 91.7 cm³/mol. The zero-order valence-corrected chi connectivity index (χ0v) is 14.1. The van der Waals surface area contributed by atoms with E-state index in [-0.39, 0.29) is 0 Å². The molecule has 0 radical (unpaired) electrons. The van der Waals surface area contributed by atoms with E-state index in [1.807, 2.05) is 0 Å². The molecule has 5 heteroatoms. The van der Waals surface area contributed by atoms with Crippen molar-refractivity contribution < 1.29 is 0 Å². The first-order valence-electron chi connectivity index (χ1n) is 7.30. The number of nitrogens with zero attached hydrogens (tertiary/aromatic N) is 2. The number of aromatic nitrogens is 2. The highest BCUT2D eigenvalue weighted by Crippen LogP contribution is 2.26. The number of hydrogen-bond donors (Lipinski definition) is 2. The van der Waals surface area contributed by atoms with Gasteiger partial charge in [-0.1, -0.05) is 38.1 Å². The second-order valence-corrected chi connectivity index (χ2v) is 5.63. The molecule has 0 unspecified atom stereocenters. The minimum absolute atomic E-state index is 0.743. The molecule has 21 heavy (non-hydrogen) atoms. The van der Waals surface area contributed by atoms with Crippen molar-refractivity contribution in [2.24, 2.45) is 0 Å². The second-order valence-electron chi connectivity index (χ2n) is 4.84. The van der Waals surface area contributed by atoms with E-state index in [1.165, 1.54) is 11.1 Å². The first kappa shape index (κ1) is 15.8. The number of nitrogens with one attached hydrogen (secondary N) is 2. The maximum absolute atomic E-state index is 4.29.